The first kappa shape index (κ1) is 20.0. The number of methoxy groups -OCH3 is 1. The number of nitrogens with zero attached hydrogens (tertiary/aromatic N) is 1. The van der Waals surface area contributed by atoms with Crippen molar-refractivity contribution in [1.29, 1.82) is 0 Å². The first-order valence-electron chi connectivity index (χ1n) is 9.55. The Morgan fingerprint density at radius 1 is 1.23 bits per heavy atom. The van der Waals surface area contributed by atoms with Crippen LogP contribution in [0.1, 0.15) is 23.2 Å². The second kappa shape index (κ2) is 8.62. The summed E-state index contributed by atoms with van der Waals surface area (Å²) >= 11 is 0. The lowest BCUT2D eigenvalue weighted by molar-refractivity contribution is 0.0854. The molecule has 1 aromatic heterocycles. The van der Waals surface area contributed by atoms with E-state index in [-0.39, 0.29) is 22.9 Å². The van der Waals surface area contributed by atoms with E-state index in [0.717, 1.165) is 25.0 Å². The molecule has 1 aliphatic heterocycles. The zero-order valence-electron chi connectivity index (χ0n) is 16.3. The lowest BCUT2D eigenvalue weighted by atomic mass is 10.1. The van der Waals surface area contributed by atoms with Crippen LogP contribution < -0.4 is 15.6 Å². The smallest absolute Gasteiger partial charge is 0.256 e. The molecule has 1 fully saturated rings. The lowest BCUT2D eigenvalue weighted by Gasteiger charge is -2.12. The fourth-order valence-corrected chi connectivity index (χ4v) is 3.31. The Bertz CT molecular complexity index is 1150. The van der Waals surface area contributed by atoms with Gasteiger partial charge in [-0.15, -0.1) is 0 Å². The van der Waals surface area contributed by atoms with E-state index in [0.29, 0.717) is 29.9 Å². The fraction of sp³-hybridized carbons (Fsp3) is 0.273. The lowest BCUT2D eigenvalue weighted by Crippen LogP contribution is -2.34. The molecule has 6 nitrogen and oxygen atoms in total. The molecule has 1 N–H and O–H groups in total. The van der Waals surface area contributed by atoms with Crippen LogP contribution in [0.25, 0.3) is 11.0 Å². The van der Waals surface area contributed by atoms with Gasteiger partial charge in [-0.1, -0.05) is 12.1 Å². The fourth-order valence-electron chi connectivity index (χ4n) is 3.31. The summed E-state index contributed by atoms with van der Waals surface area (Å²) in [4.78, 5) is 17.1. The van der Waals surface area contributed by atoms with Crippen LogP contribution in [0.4, 0.5) is 14.5 Å². The van der Waals surface area contributed by atoms with E-state index >= 15 is 0 Å². The van der Waals surface area contributed by atoms with Crippen LogP contribution in [-0.2, 0) is 4.74 Å². The van der Waals surface area contributed by atoms with Gasteiger partial charge in [-0.3, -0.25) is 4.79 Å². The zero-order valence-corrected chi connectivity index (χ0v) is 16.3. The number of carbonyl (C=O) groups excluding carboxylic acids is 1. The van der Waals surface area contributed by atoms with E-state index in [2.05, 4.69) is 10.3 Å². The molecule has 0 radical (unpaired) electrons. The SMILES string of the molecule is COc1cccc2cc(C(=O)NCC3CCCO3)c(=Nc3ccc(F)c(F)c3)oc12. The Balaban J connectivity index is 1.79. The van der Waals surface area contributed by atoms with Crippen LogP contribution in [0.3, 0.4) is 0 Å². The summed E-state index contributed by atoms with van der Waals surface area (Å²) < 4.78 is 43.6. The molecule has 0 bridgehead atoms. The quantitative estimate of drug-likeness (QED) is 0.688. The maximum atomic E-state index is 13.6. The number of fused-ring (bicyclic) bond motifs is 1. The van der Waals surface area contributed by atoms with Crippen molar-refractivity contribution in [1.82, 2.24) is 5.32 Å². The molecule has 1 amide bonds. The Morgan fingerprint density at radius 2 is 2.10 bits per heavy atom. The first-order valence-corrected chi connectivity index (χ1v) is 9.55. The summed E-state index contributed by atoms with van der Waals surface area (Å²) in [5.41, 5.74) is 0.624. The zero-order chi connectivity index (χ0) is 21.1. The van der Waals surface area contributed by atoms with E-state index < -0.39 is 17.5 Å². The van der Waals surface area contributed by atoms with Gasteiger partial charge in [0.25, 0.3) is 5.91 Å². The summed E-state index contributed by atoms with van der Waals surface area (Å²) in [5, 5.41) is 3.47. The third-order valence-electron chi connectivity index (χ3n) is 4.85. The summed E-state index contributed by atoms with van der Waals surface area (Å²) in [6.45, 7) is 1.04. The molecular formula is C22H20F2N2O4. The second-order valence-electron chi connectivity index (χ2n) is 6.90. The van der Waals surface area contributed by atoms with Gasteiger partial charge >= 0.3 is 0 Å². The van der Waals surface area contributed by atoms with Crippen molar-refractivity contribution in [3.8, 4) is 5.75 Å². The number of nitrogens with one attached hydrogen (secondary N) is 1. The summed E-state index contributed by atoms with van der Waals surface area (Å²) in [6, 6.07) is 10.1. The van der Waals surface area contributed by atoms with Gasteiger partial charge in [0.05, 0.1) is 18.9 Å². The molecule has 1 atom stereocenters. The number of para-hydroxylation sites is 1. The number of carbonyl (C=O) groups is 1. The largest absolute Gasteiger partial charge is 0.493 e. The molecule has 3 aromatic rings. The molecule has 156 valence electrons. The van der Waals surface area contributed by atoms with Crippen molar-refractivity contribution in [2.24, 2.45) is 4.99 Å². The van der Waals surface area contributed by atoms with Crippen LogP contribution in [0, 0.1) is 11.6 Å². The number of benzene rings is 2. The number of amides is 1. The number of rotatable bonds is 5. The minimum Gasteiger partial charge on any atom is -0.493 e. The van der Waals surface area contributed by atoms with Gasteiger partial charge in [-0.25, -0.2) is 13.8 Å². The summed E-state index contributed by atoms with van der Waals surface area (Å²) in [6.07, 6.45) is 1.81. The number of hydrogen-bond donors (Lipinski definition) is 1. The van der Waals surface area contributed by atoms with Gasteiger partial charge in [-0.2, -0.15) is 0 Å². The van der Waals surface area contributed by atoms with Crippen LogP contribution >= 0.6 is 0 Å². The number of ether oxygens (including phenoxy) is 2. The van der Waals surface area contributed by atoms with Gasteiger partial charge < -0.3 is 19.2 Å². The van der Waals surface area contributed by atoms with Crippen molar-refractivity contribution < 1.29 is 27.5 Å². The molecule has 1 unspecified atom stereocenters. The average Bonchev–Trinajstić information content (AvgIpc) is 3.27. The topological polar surface area (TPSA) is 73.1 Å². The maximum absolute atomic E-state index is 13.6. The highest BCUT2D eigenvalue weighted by Crippen LogP contribution is 2.25. The molecule has 0 saturated carbocycles. The van der Waals surface area contributed by atoms with E-state index in [1.54, 1.807) is 24.3 Å². The Kier molecular flexibility index (Phi) is 5.76. The number of halogens is 2. The summed E-state index contributed by atoms with van der Waals surface area (Å²) in [5.74, 6) is -1.97. The molecule has 30 heavy (non-hydrogen) atoms. The summed E-state index contributed by atoms with van der Waals surface area (Å²) in [7, 11) is 1.50. The van der Waals surface area contributed by atoms with E-state index in [1.165, 1.54) is 13.2 Å². The van der Waals surface area contributed by atoms with Crippen LogP contribution in [0.2, 0.25) is 0 Å². The highest BCUT2D eigenvalue weighted by molar-refractivity contribution is 5.97. The molecule has 0 aliphatic carbocycles. The molecule has 2 aromatic carbocycles. The van der Waals surface area contributed by atoms with Crippen LogP contribution in [0.5, 0.6) is 5.75 Å². The van der Waals surface area contributed by atoms with E-state index in [4.69, 9.17) is 13.9 Å². The molecule has 0 spiro atoms. The van der Waals surface area contributed by atoms with Crippen molar-refractivity contribution in [2.75, 3.05) is 20.3 Å². The second-order valence-corrected chi connectivity index (χ2v) is 6.90. The highest BCUT2D eigenvalue weighted by Gasteiger charge is 2.19. The molecule has 1 aliphatic rings. The van der Waals surface area contributed by atoms with Crippen molar-refractivity contribution >= 4 is 22.6 Å². The average molecular weight is 414 g/mol. The standard InChI is InChI=1S/C22H20F2N2O4/c1-28-19-6-2-4-13-10-16(21(27)25-12-15-5-3-9-29-15)22(30-20(13)19)26-14-7-8-17(23)18(24)11-14/h2,4,6-8,10-11,15H,3,5,9,12H2,1H3,(H,25,27). The van der Waals surface area contributed by atoms with E-state index in [1.807, 2.05) is 0 Å². The Labute approximate surface area is 171 Å². The van der Waals surface area contributed by atoms with Gasteiger partial charge in [0.15, 0.2) is 23.0 Å². The van der Waals surface area contributed by atoms with Crippen molar-refractivity contribution in [3.63, 3.8) is 0 Å². The van der Waals surface area contributed by atoms with Crippen molar-refractivity contribution in [3.05, 3.63) is 65.2 Å². The highest BCUT2D eigenvalue weighted by atomic mass is 19.2. The molecule has 4 rings (SSSR count). The first-order chi connectivity index (χ1) is 14.5. The molecular weight excluding hydrogens is 394 g/mol. The van der Waals surface area contributed by atoms with Crippen LogP contribution in [0.15, 0.2) is 51.9 Å². The Hall–Kier alpha value is -3.26. The Morgan fingerprint density at radius 3 is 2.83 bits per heavy atom. The van der Waals surface area contributed by atoms with Gasteiger partial charge in [-0.05, 0) is 37.1 Å². The molecule has 2 heterocycles. The van der Waals surface area contributed by atoms with Crippen molar-refractivity contribution in [2.45, 2.75) is 18.9 Å². The molecule has 8 heteroatoms. The van der Waals surface area contributed by atoms with Gasteiger partial charge in [0.2, 0.25) is 5.55 Å². The van der Waals surface area contributed by atoms with Gasteiger partial charge in [0.1, 0.15) is 5.56 Å². The predicted octanol–water partition coefficient (Wildman–Crippen LogP) is 3.86. The monoisotopic (exact) mass is 414 g/mol. The van der Waals surface area contributed by atoms with Crippen LogP contribution in [-0.4, -0.2) is 32.3 Å². The maximum Gasteiger partial charge on any atom is 0.256 e. The minimum absolute atomic E-state index is 0.0296. The number of hydrogen-bond acceptors (Lipinski definition) is 5. The molecule has 1 saturated heterocycles. The minimum atomic E-state index is -1.04. The van der Waals surface area contributed by atoms with Gasteiger partial charge in [0, 0.05) is 24.6 Å². The predicted molar refractivity (Wildman–Crippen MR) is 106 cm³/mol. The van der Waals surface area contributed by atoms with E-state index in [9.17, 15) is 13.6 Å². The third kappa shape index (κ3) is 4.18. The normalized spacial score (nSPS) is 16.8. The third-order valence-corrected chi connectivity index (χ3v) is 4.85.